The fourth-order valence-electron chi connectivity index (χ4n) is 1.55. The van der Waals surface area contributed by atoms with Crippen LogP contribution in [0.5, 0.6) is 0 Å². The Morgan fingerprint density at radius 1 is 1.41 bits per heavy atom. The molecule has 2 aromatic rings. The maximum Gasteiger partial charge on any atom is 0.195 e. The number of nitrogens with one attached hydrogen (secondary N) is 1. The average molecular weight is 267 g/mol. The van der Waals surface area contributed by atoms with Crippen LogP contribution in [-0.4, -0.2) is 31.0 Å². The van der Waals surface area contributed by atoms with E-state index in [0.29, 0.717) is 17.1 Å². The molecule has 0 radical (unpaired) electrons. The molecule has 6 heteroatoms. The number of aromatic nitrogens is 3. The fraction of sp³-hybridized carbons (Fsp3) is 0.273. The molecule has 0 aliphatic carbocycles. The third-order valence-electron chi connectivity index (χ3n) is 2.39. The molecule has 0 bridgehead atoms. The molecule has 0 fully saturated rings. The van der Waals surface area contributed by atoms with E-state index in [4.69, 9.17) is 12.2 Å². The fourth-order valence-corrected chi connectivity index (χ4v) is 2.22. The highest BCUT2D eigenvalue weighted by Crippen LogP contribution is 2.16. The number of hydrogen-bond donors (Lipinski definition) is 1. The maximum absolute atomic E-state index is 11.1. The summed E-state index contributed by atoms with van der Waals surface area (Å²) < 4.78 is 13.6. The highest BCUT2D eigenvalue weighted by molar-refractivity contribution is 7.84. The Bertz CT molecular complexity index is 574. The normalized spacial score (nSPS) is 12.5. The maximum atomic E-state index is 11.1. The molecule has 1 N–H and O–H groups in total. The van der Waals surface area contributed by atoms with Crippen molar-refractivity contribution in [2.45, 2.75) is 6.54 Å². The first-order chi connectivity index (χ1) is 8.18. The molecule has 1 aromatic carbocycles. The van der Waals surface area contributed by atoms with Crippen LogP contribution < -0.4 is 0 Å². The van der Waals surface area contributed by atoms with Gasteiger partial charge in [-0.1, -0.05) is 30.3 Å². The summed E-state index contributed by atoms with van der Waals surface area (Å²) in [4.78, 5) is 0. The summed E-state index contributed by atoms with van der Waals surface area (Å²) in [5, 5.41) is 6.99. The Morgan fingerprint density at radius 3 is 2.76 bits per heavy atom. The van der Waals surface area contributed by atoms with Crippen LogP contribution in [0.3, 0.4) is 0 Å². The zero-order valence-corrected chi connectivity index (χ0v) is 11.1. The molecule has 1 heterocycles. The highest BCUT2D eigenvalue weighted by atomic mass is 32.2. The number of H-pyrrole nitrogens is 1. The number of nitrogens with zero attached hydrogens (tertiary/aromatic N) is 2. The van der Waals surface area contributed by atoms with Gasteiger partial charge in [0, 0.05) is 34.9 Å². The first-order valence-electron chi connectivity index (χ1n) is 5.19. The predicted molar refractivity (Wildman–Crippen MR) is 71.8 cm³/mol. The van der Waals surface area contributed by atoms with Crippen molar-refractivity contribution in [3.63, 3.8) is 0 Å². The number of hydrogen-bond acceptors (Lipinski definition) is 3. The van der Waals surface area contributed by atoms with Crippen molar-refractivity contribution in [3.05, 3.63) is 35.1 Å². The summed E-state index contributed by atoms with van der Waals surface area (Å²) in [6.07, 6.45) is 1.69. The van der Waals surface area contributed by atoms with E-state index in [1.807, 2.05) is 34.9 Å². The Kier molecular flexibility index (Phi) is 3.86. The lowest BCUT2D eigenvalue weighted by Gasteiger charge is -2.05. The second-order valence-corrected chi connectivity index (χ2v) is 5.59. The Balaban J connectivity index is 2.36. The van der Waals surface area contributed by atoms with Crippen molar-refractivity contribution in [1.82, 2.24) is 14.8 Å². The van der Waals surface area contributed by atoms with Gasteiger partial charge in [-0.15, -0.1) is 0 Å². The average Bonchev–Trinajstić information content (AvgIpc) is 2.69. The van der Waals surface area contributed by atoms with E-state index in [1.54, 1.807) is 6.26 Å². The van der Waals surface area contributed by atoms with E-state index in [9.17, 15) is 4.21 Å². The lowest BCUT2D eigenvalue weighted by molar-refractivity contribution is 0.676. The van der Waals surface area contributed by atoms with Crippen molar-refractivity contribution in [1.29, 1.82) is 0 Å². The Labute approximate surface area is 107 Å². The zero-order chi connectivity index (χ0) is 12.3. The Morgan fingerprint density at radius 2 is 2.12 bits per heavy atom. The van der Waals surface area contributed by atoms with Gasteiger partial charge in [-0.3, -0.25) is 13.9 Å². The molecule has 0 aliphatic rings. The molecule has 0 amide bonds. The first kappa shape index (κ1) is 12.2. The van der Waals surface area contributed by atoms with Gasteiger partial charge in [0.2, 0.25) is 0 Å². The van der Waals surface area contributed by atoms with Crippen molar-refractivity contribution >= 4 is 23.0 Å². The minimum absolute atomic E-state index is 0.564. The topological polar surface area (TPSA) is 50.7 Å². The quantitative estimate of drug-likeness (QED) is 0.862. The van der Waals surface area contributed by atoms with E-state index in [1.165, 1.54) is 0 Å². The molecule has 1 unspecified atom stereocenters. The summed E-state index contributed by atoms with van der Waals surface area (Å²) >= 11 is 5.17. The standard InChI is InChI=1S/C11H13N3OS2/c1-17(15)8-7-14-10(12-13-11(14)16)9-5-3-2-4-6-9/h2-6H,7-8H2,1H3,(H,13,16). The van der Waals surface area contributed by atoms with Crippen LogP contribution in [0.4, 0.5) is 0 Å². The second kappa shape index (κ2) is 5.37. The lowest BCUT2D eigenvalue weighted by Crippen LogP contribution is -2.08. The van der Waals surface area contributed by atoms with Gasteiger partial charge in [0.1, 0.15) is 0 Å². The van der Waals surface area contributed by atoms with E-state index in [2.05, 4.69) is 10.2 Å². The van der Waals surface area contributed by atoms with Crippen LogP contribution in [0.25, 0.3) is 11.4 Å². The largest absolute Gasteiger partial charge is 0.299 e. The highest BCUT2D eigenvalue weighted by Gasteiger charge is 2.08. The van der Waals surface area contributed by atoms with Crippen LogP contribution in [0.15, 0.2) is 30.3 Å². The van der Waals surface area contributed by atoms with Gasteiger partial charge in [0.25, 0.3) is 0 Å². The predicted octanol–water partition coefficient (Wildman–Crippen LogP) is 1.99. The number of rotatable bonds is 4. The van der Waals surface area contributed by atoms with E-state index >= 15 is 0 Å². The van der Waals surface area contributed by atoms with Crippen molar-refractivity contribution < 1.29 is 4.21 Å². The third-order valence-corrected chi connectivity index (χ3v) is 3.46. The molecule has 0 saturated carbocycles. The summed E-state index contributed by atoms with van der Waals surface area (Å²) in [6.45, 7) is 0.614. The molecule has 90 valence electrons. The molecular weight excluding hydrogens is 254 g/mol. The van der Waals surface area contributed by atoms with Gasteiger partial charge in [-0.2, -0.15) is 5.10 Å². The monoisotopic (exact) mass is 267 g/mol. The van der Waals surface area contributed by atoms with Gasteiger partial charge in [-0.05, 0) is 12.2 Å². The second-order valence-electron chi connectivity index (χ2n) is 3.65. The van der Waals surface area contributed by atoms with E-state index in [-0.39, 0.29) is 0 Å². The lowest BCUT2D eigenvalue weighted by atomic mass is 10.2. The summed E-state index contributed by atoms with van der Waals surface area (Å²) in [5.41, 5.74) is 1.00. The molecule has 4 nitrogen and oxygen atoms in total. The molecule has 2 rings (SSSR count). The molecular formula is C11H13N3OS2. The smallest absolute Gasteiger partial charge is 0.195 e. The summed E-state index contributed by atoms with van der Waals surface area (Å²) in [6, 6.07) is 9.82. The molecule has 1 atom stereocenters. The molecule has 17 heavy (non-hydrogen) atoms. The summed E-state index contributed by atoms with van der Waals surface area (Å²) in [5.74, 6) is 1.37. The van der Waals surface area contributed by atoms with Gasteiger partial charge in [-0.25, -0.2) is 0 Å². The van der Waals surface area contributed by atoms with Crippen molar-refractivity contribution in [3.8, 4) is 11.4 Å². The first-order valence-corrected chi connectivity index (χ1v) is 7.32. The molecule has 0 aliphatic heterocycles. The third kappa shape index (κ3) is 2.89. The number of benzene rings is 1. The zero-order valence-electron chi connectivity index (χ0n) is 9.42. The van der Waals surface area contributed by atoms with Gasteiger partial charge >= 0.3 is 0 Å². The molecule has 1 aromatic heterocycles. The van der Waals surface area contributed by atoms with Gasteiger partial charge in [0.15, 0.2) is 10.6 Å². The molecule has 0 saturated heterocycles. The van der Waals surface area contributed by atoms with Crippen LogP contribution in [0.2, 0.25) is 0 Å². The van der Waals surface area contributed by atoms with Crippen molar-refractivity contribution in [2.75, 3.05) is 12.0 Å². The van der Waals surface area contributed by atoms with E-state index < -0.39 is 10.8 Å². The van der Waals surface area contributed by atoms with Crippen LogP contribution in [0, 0.1) is 4.77 Å². The minimum atomic E-state index is -0.832. The Hall–Kier alpha value is -1.27. The SMILES string of the molecule is CS(=O)CCn1c(-c2ccccc2)n[nH]c1=S. The van der Waals surface area contributed by atoms with Gasteiger partial charge < -0.3 is 0 Å². The van der Waals surface area contributed by atoms with Gasteiger partial charge in [0.05, 0.1) is 0 Å². The van der Waals surface area contributed by atoms with Crippen LogP contribution >= 0.6 is 12.2 Å². The minimum Gasteiger partial charge on any atom is -0.299 e. The van der Waals surface area contributed by atoms with Crippen LogP contribution in [-0.2, 0) is 17.3 Å². The van der Waals surface area contributed by atoms with E-state index in [0.717, 1.165) is 11.4 Å². The summed E-state index contributed by atoms with van der Waals surface area (Å²) in [7, 11) is -0.832. The molecule has 0 spiro atoms. The number of aromatic amines is 1. The van der Waals surface area contributed by atoms with Crippen molar-refractivity contribution in [2.24, 2.45) is 0 Å². The van der Waals surface area contributed by atoms with Crippen LogP contribution in [0.1, 0.15) is 0 Å².